The Balaban J connectivity index is 1.64. The number of rotatable bonds is 5. The van der Waals surface area contributed by atoms with E-state index in [9.17, 15) is 0 Å². The van der Waals surface area contributed by atoms with Gasteiger partial charge in [0, 0.05) is 18.0 Å². The third kappa shape index (κ3) is 2.63. The van der Waals surface area contributed by atoms with Gasteiger partial charge < -0.3 is 14.3 Å². The van der Waals surface area contributed by atoms with Crippen LogP contribution in [-0.4, -0.2) is 19.5 Å². The molecule has 1 N–H and O–H groups in total. The zero-order valence-corrected chi connectivity index (χ0v) is 11.0. The fourth-order valence-corrected chi connectivity index (χ4v) is 2.09. The van der Waals surface area contributed by atoms with E-state index in [2.05, 4.69) is 24.8 Å². The lowest BCUT2D eigenvalue weighted by Crippen LogP contribution is -2.00. The number of aryl methyl sites for hydroxylation is 1. The Labute approximate surface area is 112 Å². The second-order valence-electron chi connectivity index (χ2n) is 3.72. The molecule has 0 bridgehead atoms. The average molecular weight is 277 g/mol. The zero-order chi connectivity index (χ0) is 13.1. The molecule has 3 rings (SSSR count). The molecule has 0 aromatic carbocycles. The highest BCUT2D eigenvalue weighted by Crippen LogP contribution is 2.18. The zero-order valence-electron chi connectivity index (χ0n) is 10.2. The Hall–Kier alpha value is -2.22. The Morgan fingerprint density at radius 3 is 3.00 bits per heavy atom. The predicted octanol–water partition coefficient (Wildman–Crippen LogP) is 2.36. The topological polar surface area (TPSA) is 89.9 Å². The van der Waals surface area contributed by atoms with Crippen LogP contribution >= 0.6 is 11.5 Å². The van der Waals surface area contributed by atoms with Crippen LogP contribution < -0.4 is 5.32 Å². The van der Waals surface area contributed by atoms with Crippen LogP contribution in [-0.2, 0) is 13.0 Å². The highest BCUT2D eigenvalue weighted by atomic mass is 32.1. The molecule has 0 spiro atoms. The van der Waals surface area contributed by atoms with Gasteiger partial charge in [-0.3, -0.25) is 0 Å². The second kappa shape index (κ2) is 5.19. The standard InChI is InChI=1S/C11H11N5O2S/c1-2-8-14-11(19-16-8)12-6-9-13-10(18-15-9)7-4-3-5-17-7/h3-5H,2,6H2,1H3,(H,12,14,16). The maximum atomic E-state index is 5.18. The summed E-state index contributed by atoms with van der Waals surface area (Å²) in [6.45, 7) is 2.45. The quantitative estimate of drug-likeness (QED) is 0.765. The molecule has 8 heteroatoms. The van der Waals surface area contributed by atoms with Crippen molar-refractivity contribution >= 4 is 16.7 Å². The average Bonchev–Trinajstić information content (AvgIpc) is 3.16. The van der Waals surface area contributed by atoms with E-state index in [1.54, 1.807) is 18.4 Å². The van der Waals surface area contributed by atoms with Crippen LogP contribution in [0.1, 0.15) is 18.6 Å². The maximum absolute atomic E-state index is 5.18. The summed E-state index contributed by atoms with van der Waals surface area (Å²) >= 11 is 1.32. The van der Waals surface area contributed by atoms with Gasteiger partial charge >= 0.3 is 0 Å². The lowest BCUT2D eigenvalue weighted by atomic mass is 10.4. The molecule has 0 atom stereocenters. The van der Waals surface area contributed by atoms with Crippen LogP contribution in [0.4, 0.5) is 5.13 Å². The highest BCUT2D eigenvalue weighted by Gasteiger charge is 2.11. The number of hydrogen-bond acceptors (Lipinski definition) is 8. The molecular formula is C11H11N5O2S. The Morgan fingerprint density at radius 2 is 2.26 bits per heavy atom. The Kier molecular flexibility index (Phi) is 3.23. The Bertz CT molecular complexity index is 646. The summed E-state index contributed by atoms with van der Waals surface area (Å²) in [4.78, 5) is 8.51. The SMILES string of the molecule is CCc1nsc(NCc2noc(-c3ccco3)n2)n1. The number of anilines is 1. The van der Waals surface area contributed by atoms with Crippen LogP contribution in [0.2, 0.25) is 0 Å². The third-order valence-electron chi connectivity index (χ3n) is 2.38. The minimum Gasteiger partial charge on any atom is -0.459 e. The number of hydrogen-bond donors (Lipinski definition) is 1. The van der Waals surface area contributed by atoms with Gasteiger partial charge in [0.25, 0.3) is 5.89 Å². The summed E-state index contributed by atoms with van der Waals surface area (Å²) < 4.78 is 14.5. The molecule has 0 radical (unpaired) electrons. The van der Waals surface area contributed by atoms with Gasteiger partial charge in [0.05, 0.1) is 12.8 Å². The van der Waals surface area contributed by atoms with Crippen molar-refractivity contribution in [2.24, 2.45) is 0 Å². The van der Waals surface area contributed by atoms with Gasteiger partial charge in [0.2, 0.25) is 5.13 Å². The molecule has 0 amide bonds. The molecule has 0 saturated heterocycles. The molecule has 0 fully saturated rings. The molecule has 7 nitrogen and oxygen atoms in total. The molecule has 0 aliphatic heterocycles. The molecule has 3 aromatic heterocycles. The van der Waals surface area contributed by atoms with E-state index in [0.717, 1.165) is 17.4 Å². The van der Waals surface area contributed by atoms with E-state index >= 15 is 0 Å². The smallest absolute Gasteiger partial charge is 0.293 e. The van der Waals surface area contributed by atoms with Crippen molar-refractivity contribution in [3.63, 3.8) is 0 Å². The first-order valence-electron chi connectivity index (χ1n) is 5.78. The van der Waals surface area contributed by atoms with E-state index in [1.165, 1.54) is 11.5 Å². The van der Waals surface area contributed by atoms with Crippen molar-refractivity contribution in [2.75, 3.05) is 5.32 Å². The highest BCUT2D eigenvalue weighted by molar-refractivity contribution is 7.09. The molecule has 0 saturated carbocycles. The van der Waals surface area contributed by atoms with Gasteiger partial charge in [-0.15, -0.1) is 0 Å². The Morgan fingerprint density at radius 1 is 1.32 bits per heavy atom. The van der Waals surface area contributed by atoms with Gasteiger partial charge in [-0.25, -0.2) is 4.98 Å². The summed E-state index contributed by atoms with van der Waals surface area (Å²) in [5, 5.41) is 7.72. The van der Waals surface area contributed by atoms with Crippen molar-refractivity contribution < 1.29 is 8.94 Å². The molecule has 0 aliphatic rings. The van der Waals surface area contributed by atoms with Crippen LogP contribution in [0.15, 0.2) is 27.3 Å². The van der Waals surface area contributed by atoms with Gasteiger partial charge in [0.1, 0.15) is 5.82 Å². The third-order valence-corrected chi connectivity index (χ3v) is 3.09. The monoisotopic (exact) mass is 277 g/mol. The molecule has 0 unspecified atom stereocenters. The summed E-state index contributed by atoms with van der Waals surface area (Å²) in [7, 11) is 0. The molecule has 0 aliphatic carbocycles. The van der Waals surface area contributed by atoms with Gasteiger partial charge in [0.15, 0.2) is 11.6 Å². The molecule has 19 heavy (non-hydrogen) atoms. The van der Waals surface area contributed by atoms with Crippen LogP contribution in [0.5, 0.6) is 0 Å². The molecule has 3 aromatic rings. The molecular weight excluding hydrogens is 266 g/mol. The first kappa shape index (κ1) is 11.8. The van der Waals surface area contributed by atoms with Crippen LogP contribution in [0, 0.1) is 0 Å². The lowest BCUT2D eigenvalue weighted by Gasteiger charge is -1.95. The van der Waals surface area contributed by atoms with Crippen LogP contribution in [0.25, 0.3) is 11.7 Å². The number of furan rings is 1. The van der Waals surface area contributed by atoms with Crippen molar-refractivity contribution in [1.29, 1.82) is 0 Å². The predicted molar refractivity (Wildman–Crippen MR) is 68.6 cm³/mol. The number of nitrogens with one attached hydrogen (secondary N) is 1. The van der Waals surface area contributed by atoms with Crippen LogP contribution in [0.3, 0.4) is 0 Å². The van der Waals surface area contributed by atoms with E-state index in [-0.39, 0.29) is 0 Å². The summed E-state index contributed by atoms with van der Waals surface area (Å²) in [5.41, 5.74) is 0. The summed E-state index contributed by atoms with van der Waals surface area (Å²) in [5.74, 6) is 2.30. The lowest BCUT2D eigenvalue weighted by molar-refractivity contribution is 0.410. The van der Waals surface area contributed by atoms with Crippen molar-refractivity contribution in [3.8, 4) is 11.7 Å². The van der Waals surface area contributed by atoms with E-state index in [1.807, 2.05) is 6.92 Å². The maximum Gasteiger partial charge on any atom is 0.293 e. The fraction of sp³-hybridized carbons (Fsp3) is 0.273. The molecule has 3 heterocycles. The van der Waals surface area contributed by atoms with Gasteiger partial charge in [-0.2, -0.15) is 9.36 Å². The first-order valence-corrected chi connectivity index (χ1v) is 6.55. The summed E-state index contributed by atoms with van der Waals surface area (Å²) in [6, 6.07) is 3.54. The first-order chi connectivity index (χ1) is 9.35. The summed E-state index contributed by atoms with van der Waals surface area (Å²) in [6.07, 6.45) is 2.38. The largest absolute Gasteiger partial charge is 0.459 e. The van der Waals surface area contributed by atoms with Crippen molar-refractivity contribution in [2.45, 2.75) is 19.9 Å². The number of nitrogens with zero attached hydrogens (tertiary/aromatic N) is 4. The van der Waals surface area contributed by atoms with E-state index in [0.29, 0.717) is 24.0 Å². The minimum atomic E-state index is 0.369. The molecule has 98 valence electrons. The van der Waals surface area contributed by atoms with Gasteiger partial charge in [-0.1, -0.05) is 12.1 Å². The van der Waals surface area contributed by atoms with E-state index in [4.69, 9.17) is 8.94 Å². The van der Waals surface area contributed by atoms with Crippen molar-refractivity contribution in [1.82, 2.24) is 19.5 Å². The van der Waals surface area contributed by atoms with Crippen molar-refractivity contribution in [3.05, 3.63) is 30.0 Å². The van der Waals surface area contributed by atoms with E-state index < -0.39 is 0 Å². The second-order valence-corrected chi connectivity index (χ2v) is 4.47. The normalized spacial score (nSPS) is 10.8. The minimum absolute atomic E-state index is 0.369. The van der Waals surface area contributed by atoms with Gasteiger partial charge in [-0.05, 0) is 12.1 Å². The number of aromatic nitrogens is 4. The fourth-order valence-electron chi connectivity index (χ4n) is 1.45.